The second kappa shape index (κ2) is 4.71. The van der Waals surface area contributed by atoms with Gasteiger partial charge in [0.05, 0.1) is 22.9 Å². The van der Waals surface area contributed by atoms with Gasteiger partial charge < -0.3 is 5.11 Å². The quantitative estimate of drug-likeness (QED) is 0.833. The zero-order chi connectivity index (χ0) is 11.5. The third-order valence-corrected chi connectivity index (χ3v) is 4.49. The summed E-state index contributed by atoms with van der Waals surface area (Å²) in [6.07, 6.45) is 1.48. The molecule has 1 unspecified atom stereocenters. The van der Waals surface area contributed by atoms with Gasteiger partial charge in [-0.05, 0) is 0 Å². The van der Waals surface area contributed by atoms with Crippen LogP contribution in [0.5, 0.6) is 0 Å². The molecule has 1 rings (SSSR count). The highest BCUT2D eigenvalue weighted by Crippen LogP contribution is 2.13. The Balaban J connectivity index is 2.64. The van der Waals surface area contributed by atoms with Crippen LogP contribution >= 0.6 is 11.3 Å². The average molecular weight is 249 g/mol. The van der Waals surface area contributed by atoms with Crippen LogP contribution in [0.25, 0.3) is 0 Å². The van der Waals surface area contributed by atoms with Crippen LogP contribution in [0, 0.1) is 5.92 Å². The normalized spacial score (nSPS) is 13.7. The van der Waals surface area contributed by atoms with E-state index in [4.69, 9.17) is 5.11 Å². The molecule has 0 amide bonds. The van der Waals surface area contributed by atoms with Crippen molar-refractivity contribution in [3.63, 3.8) is 0 Å². The predicted octanol–water partition coefficient (Wildman–Crippen LogP) is 0.779. The van der Waals surface area contributed by atoms with Crippen LogP contribution in [-0.2, 0) is 20.4 Å². The molecule has 0 saturated heterocycles. The van der Waals surface area contributed by atoms with Crippen LogP contribution in [0.15, 0.2) is 11.7 Å². The zero-order valence-corrected chi connectivity index (χ0v) is 9.71. The standard InChI is InChI=1S/C8H11NO4S2/c1-6(8(10)11)3-15(12,13)4-7-2-9-5-14-7/h2,5-6H,3-4H2,1H3,(H,10,11). The Hall–Kier alpha value is -0.950. The van der Waals surface area contributed by atoms with E-state index in [9.17, 15) is 13.2 Å². The predicted molar refractivity (Wildman–Crippen MR) is 56.4 cm³/mol. The summed E-state index contributed by atoms with van der Waals surface area (Å²) in [5.74, 6) is -2.43. The molecule has 1 N–H and O–H groups in total. The molecule has 1 atom stereocenters. The molecule has 0 aliphatic rings. The lowest BCUT2D eigenvalue weighted by atomic mass is 10.2. The first-order valence-corrected chi connectivity index (χ1v) is 6.91. The van der Waals surface area contributed by atoms with Crippen LogP contribution < -0.4 is 0 Å². The van der Waals surface area contributed by atoms with Gasteiger partial charge in [-0.15, -0.1) is 11.3 Å². The Labute approximate surface area is 91.7 Å². The number of sulfone groups is 1. The molecular weight excluding hydrogens is 238 g/mol. The van der Waals surface area contributed by atoms with Gasteiger partial charge in [-0.3, -0.25) is 9.78 Å². The number of carboxylic acid groups (broad SMARTS) is 1. The van der Waals surface area contributed by atoms with Crippen LogP contribution in [0.4, 0.5) is 0 Å². The molecule has 1 heterocycles. The Bertz CT molecular complexity index is 424. The van der Waals surface area contributed by atoms with Crippen molar-refractivity contribution in [1.82, 2.24) is 4.98 Å². The molecule has 1 aromatic heterocycles. The lowest BCUT2D eigenvalue weighted by Gasteiger charge is -2.06. The third-order valence-electron chi connectivity index (χ3n) is 1.77. The summed E-state index contributed by atoms with van der Waals surface area (Å²) in [6, 6.07) is 0. The second-order valence-corrected chi connectivity index (χ2v) is 6.34. The van der Waals surface area contributed by atoms with Gasteiger partial charge in [-0.1, -0.05) is 6.92 Å². The topological polar surface area (TPSA) is 84.3 Å². The van der Waals surface area contributed by atoms with Crippen molar-refractivity contribution < 1.29 is 18.3 Å². The van der Waals surface area contributed by atoms with Crippen molar-refractivity contribution in [3.05, 3.63) is 16.6 Å². The fourth-order valence-corrected chi connectivity index (χ4v) is 3.76. The lowest BCUT2D eigenvalue weighted by Crippen LogP contribution is -2.21. The number of nitrogens with zero attached hydrogens (tertiary/aromatic N) is 1. The van der Waals surface area contributed by atoms with Crippen LogP contribution in [0.1, 0.15) is 11.8 Å². The first-order chi connectivity index (χ1) is 6.91. The monoisotopic (exact) mass is 249 g/mol. The fraction of sp³-hybridized carbons (Fsp3) is 0.500. The smallest absolute Gasteiger partial charge is 0.307 e. The Morgan fingerprint density at radius 2 is 2.33 bits per heavy atom. The minimum atomic E-state index is -3.36. The van der Waals surface area contributed by atoms with Crippen molar-refractivity contribution in [2.24, 2.45) is 5.92 Å². The molecule has 0 fully saturated rings. The molecule has 0 aliphatic carbocycles. The molecule has 0 radical (unpaired) electrons. The van der Waals surface area contributed by atoms with Gasteiger partial charge in [0, 0.05) is 11.1 Å². The molecule has 84 valence electrons. The number of aromatic nitrogens is 1. The van der Waals surface area contributed by atoms with Crippen molar-refractivity contribution in [2.75, 3.05) is 5.75 Å². The van der Waals surface area contributed by atoms with E-state index < -0.39 is 21.7 Å². The maximum atomic E-state index is 11.5. The third kappa shape index (κ3) is 3.96. The van der Waals surface area contributed by atoms with E-state index in [1.165, 1.54) is 24.5 Å². The second-order valence-electron chi connectivity index (χ2n) is 3.26. The summed E-state index contributed by atoms with van der Waals surface area (Å²) in [5.41, 5.74) is 1.55. The zero-order valence-electron chi connectivity index (χ0n) is 8.08. The minimum Gasteiger partial charge on any atom is -0.481 e. The van der Waals surface area contributed by atoms with E-state index in [0.29, 0.717) is 4.88 Å². The fourth-order valence-electron chi connectivity index (χ4n) is 1.04. The summed E-state index contributed by atoms with van der Waals surface area (Å²) in [7, 11) is -3.36. The molecule has 0 aliphatic heterocycles. The van der Waals surface area contributed by atoms with Crippen molar-refractivity contribution in [3.8, 4) is 0 Å². The first-order valence-electron chi connectivity index (χ1n) is 4.21. The summed E-state index contributed by atoms with van der Waals surface area (Å²) in [6.45, 7) is 1.38. The molecule has 15 heavy (non-hydrogen) atoms. The number of rotatable bonds is 5. The largest absolute Gasteiger partial charge is 0.481 e. The maximum absolute atomic E-state index is 11.5. The van der Waals surface area contributed by atoms with Gasteiger partial charge in [-0.25, -0.2) is 8.42 Å². The molecule has 1 aromatic rings. The van der Waals surface area contributed by atoms with E-state index in [2.05, 4.69) is 4.98 Å². The van der Waals surface area contributed by atoms with Crippen LogP contribution in [-0.4, -0.2) is 30.2 Å². The van der Waals surface area contributed by atoms with E-state index in [0.717, 1.165) is 0 Å². The molecule has 0 aromatic carbocycles. The highest BCUT2D eigenvalue weighted by Gasteiger charge is 2.21. The average Bonchev–Trinajstić information content (AvgIpc) is 2.54. The Morgan fingerprint density at radius 1 is 1.67 bits per heavy atom. The molecule has 0 saturated carbocycles. The van der Waals surface area contributed by atoms with Crippen molar-refractivity contribution in [1.29, 1.82) is 0 Å². The van der Waals surface area contributed by atoms with Gasteiger partial charge in [0.15, 0.2) is 9.84 Å². The summed E-state index contributed by atoms with van der Waals surface area (Å²) >= 11 is 1.25. The van der Waals surface area contributed by atoms with E-state index in [-0.39, 0.29) is 11.5 Å². The van der Waals surface area contributed by atoms with Gasteiger partial charge in [-0.2, -0.15) is 0 Å². The SMILES string of the molecule is CC(CS(=O)(=O)Cc1cncs1)C(=O)O. The number of hydrogen-bond acceptors (Lipinski definition) is 5. The summed E-state index contributed by atoms with van der Waals surface area (Å²) < 4.78 is 23.1. The molecule has 7 heteroatoms. The number of carboxylic acids is 1. The van der Waals surface area contributed by atoms with Crippen LogP contribution in [0.2, 0.25) is 0 Å². The lowest BCUT2D eigenvalue weighted by molar-refractivity contribution is -0.140. The summed E-state index contributed by atoms with van der Waals surface area (Å²) in [5, 5.41) is 8.60. The van der Waals surface area contributed by atoms with E-state index >= 15 is 0 Å². The molecule has 0 bridgehead atoms. The number of hydrogen-bond donors (Lipinski definition) is 1. The highest BCUT2D eigenvalue weighted by atomic mass is 32.2. The van der Waals surface area contributed by atoms with Gasteiger partial charge in [0.1, 0.15) is 0 Å². The molecular formula is C8H11NO4S2. The van der Waals surface area contributed by atoms with E-state index in [1.807, 2.05) is 0 Å². The Kier molecular flexibility index (Phi) is 3.81. The van der Waals surface area contributed by atoms with Gasteiger partial charge in [0.2, 0.25) is 0 Å². The maximum Gasteiger partial charge on any atom is 0.307 e. The number of thiazole rings is 1. The van der Waals surface area contributed by atoms with Gasteiger partial charge in [0.25, 0.3) is 0 Å². The van der Waals surface area contributed by atoms with Crippen molar-refractivity contribution >= 4 is 27.1 Å². The Morgan fingerprint density at radius 3 is 2.80 bits per heavy atom. The van der Waals surface area contributed by atoms with Crippen molar-refractivity contribution in [2.45, 2.75) is 12.7 Å². The van der Waals surface area contributed by atoms with Gasteiger partial charge >= 0.3 is 5.97 Å². The number of carbonyl (C=O) groups is 1. The highest BCUT2D eigenvalue weighted by molar-refractivity contribution is 7.90. The first kappa shape index (κ1) is 12.1. The van der Waals surface area contributed by atoms with Crippen LogP contribution in [0.3, 0.4) is 0 Å². The number of aliphatic carboxylic acids is 1. The summed E-state index contributed by atoms with van der Waals surface area (Å²) in [4.78, 5) is 14.9. The molecule has 5 nitrogen and oxygen atoms in total. The minimum absolute atomic E-state index is 0.130. The van der Waals surface area contributed by atoms with E-state index in [1.54, 1.807) is 5.51 Å². The molecule has 0 spiro atoms.